The van der Waals surface area contributed by atoms with Gasteiger partial charge in [-0.15, -0.1) is 11.3 Å². The first-order valence-electron chi connectivity index (χ1n) is 7.52. The van der Waals surface area contributed by atoms with E-state index in [1.54, 1.807) is 0 Å². The Balaban J connectivity index is 1.85. The molecule has 0 aliphatic heterocycles. The number of aromatic nitrogens is 1. The summed E-state index contributed by atoms with van der Waals surface area (Å²) in [7, 11) is 0. The summed E-state index contributed by atoms with van der Waals surface area (Å²) < 4.78 is 44.1. The van der Waals surface area contributed by atoms with E-state index in [1.165, 1.54) is 29.5 Å². The van der Waals surface area contributed by atoms with Crippen molar-refractivity contribution < 1.29 is 22.5 Å². The van der Waals surface area contributed by atoms with Crippen LogP contribution in [0.25, 0.3) is 10.6 Å². The zero-order chi connectivity index (χ0) is 18.9. The highest BCUT2D eigenvalue weighted by Crippen LogP contribution is 2.34. The number of rotatable bonds is 4. The predicted molar refractivity (Wildman–Crippen MR) is 91.6 cm³/mol. The highest BCUT2D eigenvalue weighted by molar-refractivity contribution is 7.13. The van der Waals surface area contributed by atoms with E-state index in [0.29, 0.717) is 4.88 Å². The second-order valence-corrected chi connectivity index (χ2v) is 6.46. The highest BCUT2D eigenvalue weighted by Gasteiger charge is 2.33. The van der Waals surface area contributed by atoms with Crippen LogP contribution in [0.1, 0.15) is 27.0 Å². The minimum atomic E-state index is -4.50. The molecule has 0 bridgehead atoms. The average Bonchev–Trinajstić information content (AvgIpc) is 3.17. The van der Waals surface area contributed by atoms with Crippen LogP contribution < -0.4 is 11.1 Å². The number of amides is 1. The first-order chi connectivity index (χ1) is 12.3. The van der Waals surface area contributed by atoms with Gasteiger partial charge in [-0.3, -0.25) is 4.79 Å². The average molecular weight is 381 g/mol. The molecule has 0 unspecified atom stereocenters. The summed E-state index contributed by atoms with van der Waals surface area (Å²) in [5.41, 5.74) is 6.04. The van der Waals surface area contributed by atoms with Gasteiger partial charge in [0.15, 0.2) is 0 Å². The zero-order valence-electron chi connectivity index (χ0n) is 13.6. The number of aryl methyl sites for hydroxylation is 1. The van der Waals surface area contributed by atoms with Crippen molar-refractivity contribution in [3.8, 4) is 10.6 Å². The number of carbonyl (C=O) groups excluding carboxylic acids is 1. The van der Waals surface area contributed by atoms with Gasteiger partial charge >= 0.3 is 6.18 Å². The Morgan fingerprint density at radius 2 is 2.04 bits per heavy atom. The fourth-order valence-electron chi connectivity index (χ4n) is 2.51. The van der Waals surface area contributed by atoms with Crippen LogP contribution in [0.2, 0.25) is 0 Å². The van der Waals surface area contributed by atoms with Crippen LogP contribution in [0.5, 0.6) is 0 Å². The summed E-state index contributed by atoms with van der Waals surface area (Å²) in [6.45, 7) is 1.54. The summed E-state index contributed by atoms with van der Waals surface area (Å²) in [4.78, 5) is 13.2. The number of anilines is 1. The second kappa shape index (κ2) is 6.83. The Bertz CT molecular complexity index is 947. The molecule has 1 aromatic carbocycles. The number of nitrogen functional groups attached to an aromatic ring is 1. The molecule has 1 amide bonds. The third kappa shape index (κ3) is 3.43. The van der Waals surface area contributed by atoms with Crippen LogP contribution in [0.4, 0.5) is 19.1 Å². The van der Waals surface area contributed by atoms with E-state index >= 15 is 0 Å². The molecule has 0 radical (unpaired) electrons. The second-order valence-electron chi connectivity index (χ2n) is 5.54. The predicted octanol–water partition coefficient (Wildman–Crippen LogP) is 4.24. The Hall–Kier alpha value is -2.81. The van der Waals surface area contributed by atoms with Crippen molar-refractivity contribution in [1.82, 2.24) is 10.5 Å². The largest absolute Gasteiger partial charge is 0.416 e. The molecule has 0 aliphatic carbocycles. The molecule has 5 nitrogen and oxygen atoms in total. The Morgan fingerprint density at radius 3 is 2.69 bits per heavy atom. The molecule has 136 valence electrons. The molecule has 9 heteroatoms. The summed E-state index contributed by atoms with van der Waals surface area (Å²) in [5, 5.41) is 8.11. The lowest BCUT2D eigenvalue weighted by molar-refractivity contribution is -0.138. The zero-order valence-corrected chi connectivity index (χ0v) is 14.4. The minimum absolute atomic E-state index is 0.0139. The van der Waals surface area contributed by atoms with E-state index in [2.05, 4.69) is 10.5 Å². The van der Waals surface area contributed by atoms with E-state index in [1.807, 2.05) is 18.4 Å². The number of alkyl halides is 3. The minimum Gasteiger partial charge on any atom is -0.367 e. The first-order valence-corrected chi connectivity index (χ1v) is 8.40. The monoisotopic (exact) mass is 381 g/mol. The van der Waals surface area contributed by atoms with E-state index in [0.717, 1.165) is 11.6 Å². The molecule has 0 saturated carbocycles. The third-order valence-corrected chi connectivity index (χ3v) is 4.81. The van der Waals surface area contributed by atoms with Crippen molar-refractivity contribution >= 4 is 23.1 Å². The molecular weight excluding hydrogens is 367 g/mol. The quantitative estimate of drug-likeness (QED) is 0.708. The normalized spacial score (nSPS) is 11.5. The molecule has 2 aromatic heterocycles. The van der Waals surface area contributed by atoms with Gasteiger partial charge < -0.3 is 15.6 Å². The molecule has 0 fully saturated rings. The lowest BCUT2D eigenvalue weighted by Gasteiger charge is -2.13. The van der Waals surface area contributed by atoms with E-state index < -0.39 is 17.6 Å². The number of nitrogens with one attached hydrogen (secondary N) is 1. The van der Waals surface area contributed by atoms with Crippen molar-refractivity contribution in [1.29, 1.82) is 0 Å². The number of hydrogen-bond acceptors (Lipinski definition) is 5. The van der Waals surface area contributed by atoms with Crippen LogP contribution in [-0.4, -0.2) is 11.1 Å². The maximum Gasteiger partial charge on any atom is 0.416 e. The van der Waals surface area contributed by atoms with Crippen LogP contribution in [0.15, 0.2) is 40.2 Å². The fourth-order valence-corrected chi connectivity index (χ4v) is 3.42. The Labute approximate surface area is 150 Å². The molecule has 0 atom stereocenters. The molecule has 3 N–H and O–H groups in total. The third-order valence-electron chi connectivity index (χ3n) is 3.78. The van der Waals surface area contributed by atoms with Crippen molar-refractivity contribution in [3.05, 3.63) is 58.0 Å². The maximum absolute atomic E-state index is 13.0. The van der Waals surface area contributed by atoms with Gasteiger partial charge in [0, 0.05) is 6.54 Å². The van der Waals surface area contributed by atoms with Gasteiger partial charge in [-0.25, -0.2) is 0 Å². The summed E-state index contributed by atoms with van der Waals surface area (Å²) in [5.74, 6) is -0.835. The van der Waals surface area contributed by atoms with Gasteiger partial charge in [0.1, 0.15) is 11.3 Å². The lowest BCUT2D eigenvalue weighted by Crippen LogP contribution is -2.25. The Morgan fingerprint density at radius 1 is 1.31 bits per heavy atom. The van der Waals surface area contributed by atoms with Gasteiger partial charge in [0.2, 0.25) is 5.88 Å². The van der Waals surface area contributed by atoms with Crippen LogP contribution in [0, 0.1) is 6.92 Å². The smallest absolute Gasteiger partial charge is 0.367 e. The van der Waals surface area contributed by atoms with Crippen molar-refractivity contribution in [2.24, 2.45) is 0 Å². The number of benzene rings is 1. The number of carbonyl (C=O) groups is 1. The van der Waals surface area contributed by atoms with Crippen LogP contribution >= 0.6 is 11.3 Å². The summed E-state index contributed by atoms with van der Waals surface area (Å²) in [6.07, 6.45) is -4.50. The van der Waals surface area contributed by atoms with Gasteiger partial charge in [-0.05, 0) is 35.6 Å². The van der Waals surface area contributed by atoms with Crippen LogP contribution in [-0.2, 0) is 12.7 Å². The number of thiophene rings is 1. The van der Waals surface area contributed by atoms with E-state index in [9.17, 15) is 18.0 Å². The summed E-state index contributed by atoms with van der Waals surface area (Å²) >= 11 is 1.36. The van der Waals surface area contributed by atoms with Crippen molar-refractivity contribution in [2.45, 2.75) is 19.6 Å². The first kappa shape index (κ1) is 18.0. The van der Waals surface area contributed by atoms with Crippen LogP contribution in [0.3, 0.4) is 0 Å². The lowest BCUT2D eigenvalue weighted by atomic mass is 10.1. The van der Waals surface area contributed by atoms with Gasteiger partial charge in [0.25, 0.3) is 5.91 Å². The summed E-state index contributed by atoms with van der Waals surface area (Å²) in [6, 6.07) is 6.90. The molecule has 0 spiro atoms. The number of nitrogens with two attached hydrogens (primary N) is 1. The molecule has 2 heterocycles. The van der Waals surface area contributed by atoms with E-state index in [4.69, 9.17) is 10.3 Å². The fraction of sp³-hybridized carbons (Fsp3) is 0.176. The molecule has 0 saturated heterocycles. The standard InChI is InChI=1S/C17H14F3N3O2S/c1-9-6-7-26-14(9)13-12(15(21)25-23-13)16(24)22-8-10-4-2-3-5-11(10)17(18,19)20/h2-7H,8,21H2,1H3,(H,22,24). The van der Waals surface area contributed by atoms with Gasteiger partial charge in [0.05, 0.1) is 10.4 Å². The number of nitrogens with zero attached hydrogens (tertiary/aromatic N) is 1. The SMILES string of the molecule is Cc1ccsc1-c1noc(N)c1C(=O)NCc1ccccc1C(F)(F)F. The number of halogens is 3. The Kier molecular flexibility index (Phi) is 4.73. The molecule has 3 rings (SSSR count). The highest BCUT2D eigenvalue weighted by atomic mass is 32.1. The molecular formula is C17H14F3N3O2S. The molecule has 26 heavy (non-hydrogen) atoms. The molecule has 3 aromatic rings. The number of hydrogen-bond donors (Lipinski definition) is 2. The van der Waals surface area contributed by atoms with Gasteiger partial charge in [-0.1, -0.05) is 23.4 Å². The van der Waals surface area contributed by atoms with Gasteiger partial charge in [-0.2, -0.15) is 13.2 Å². The van der Waals surface area contributed by atoms with Crippen molar-refractivity contribution in [2.75, 3.05) is 5.73 Å². The maximum atomic E-state index is 13.0. The van der Waals surface area contributed by atoms with E-state index in [-0.39, 0.29) is 29.2 Å². The van der Waals surface area contributed by atoms with Crippen molar-refractivity contribution in [3.63, 3.8) is 0 Å². The topological polar surface area (TPSA) is 81.2 Å². The molecule has 0 aliphatic rings.